The quantitative estimate of drug-likeness (QED) is 0.152. The highest BCUT2D eigenvalue weighted by atomic mass is 16.5. The highest BCUT2D eigenvalue weighted by Gasteiger charge is 2.25. The Labute approximate surface area is 372 Å². The van der Waals surface area contributed by atoms with Crippen LogP contribution in [-0.4, -0.2) is 0 Å². The first kappa shape index (κ1) is 37.2. The van der Waals surface area contributed by atoms with Crippen molar-refractivity contribution in [2.24, 2.45) is 0 Å². The van der Waals surface area contributed by atoms with E-state index in [0.29, 0.717) is 17.2 Å². The Morgan fingerprint density at radius 2 is 0.688 bits per heavy atom. The topological polar surface area (TPSA) is 24.9 Å². The van der Waals surface area contributed by atoms with Crippen LogP contribution in [0.3, 0.4) is 0 Å². The van der Waals surface area contributed by atoms with Crippen LogP contribution in [0.5, 0.6) is 23.0 Å². The van der Waals surface area contributed by atoms with Gasteiger partial charge in [-0.25, -0.2) is 0 Å². The number of ether oxygens (including phenoxy) is 2. The van der Waals surface area contributed by atoms with Gasteiger partial charge in [-0.05, 0) is 99.1 Å². The molecule has 11 aromatic carbocycles. The van der Waals surface area contributed by atoms with Gasteiger partial charge in [0.25, 0.3) is 0 Å². The Bertz CT molecular complexity index is 3490. The molecule has 1 heterocycles. The van der Waals surface area contributed by atoms with Crippen LogP contribution in [0.4, 0.5) is 34.1 Å². The van der Waals surface area contributed by atoms with Gasteiger partial charge in [-0.2, -0.15) is 0 Å². The second kappa shape index (κ2) is 15.7. The lowest BCUT2D eigenvalue weighted by Gasteiger charge is -2.28. The van der Waals surface area contributed by atoms with Gasteiger partial charge in [-0.3, -0.25) is 0 Å². The van der Waals surface area contributed by atoms with Gasteiger partial charge in [-0.1, -0.05) is 170 Å². The molecule has 0 radical (unpaired) electrons. The van der Waals surface area contributed by atoms with Gasteiger partial charge in [0.15, 0.2) is 11.5 Å². The Kier molecular flexibility index (Phi) is 9.12. The first-order chi connectivity index (χ1) is 31.7. The zero-order valence-electron chi connectivity index (χ0n) is 34.8. The van der Waals surface area contributed by atoms with E-state index >= 15 is 0 Å². The monoisotopic (exact) mass is 820 g/mol. The molecular weight excluding hydrogens is 781 g/mol. The van der Waals surface area contributed by atoms with Gasteiger partial charge in [-0.15, -0.1) is 0 Å². The zero-order valence-corrected chi connectivity index (χ0v) is 34.8. The number of rotatable bonds is 8. The number of hydrogen-bond donors (Lipinski definition) is 0. The summed E-state index contributed by atoms with van der Waals surface area (Å²) in [6, 6.07) is 85.6. The smallest absolute Gasteiger partial charge is 0.172 e. The van der Waals surface area contributed by atoms with Crippen LogP contribution in [-0.2, 0) is 0 Å². The minimum absolute atomic E-state index is 0.627. The van der Waals surface area contributed by atoms with Crippen molar-refractivity contribution in [3.63, 3.8) is 0 Å². The fourth-order valence-electron chi connectivity index (χ4n) is 9.20. The fourth-order valence-corrected chi connectivity index (χ4v) is 9.20. The molecule has 0 amide bonds. The standard InChI is InChI=1S/C60H40N2O2/c1-3-14-41(15-4-1)43-28-32-48(33-29-43)61(54-25-11-20-45-18-7-9-23-52(45)54)50-36-37-56-58(39-50)64-59-40-51(38-47-22-13-27-57(63-56)60(47)59)62(55-26-12-21-46-19-8-10-24-53(46)55)49-34-30-44(31-35-49)42-16-5-2-6-17-42/h1-40H. The van der Waals surface area contributed by atoms with Gasteiger partial charge in [0.2, 0.25) is 0 Å². The number of nitrogens with zero attached hydrogens (tertiary/aromatic N) is 2. The van der Waals surface area contributed by atoms with Gasteiger partial charge < -0.3 is 19.3 Å². The van der Waals surface area contributed by atoms with E-state index < -0.39 is 0 Å². The molecule has 302 valence electrons. The molecule has 0 saturated heterocycles. The Morgan fingerprint density at radius 3 is 1.28 bits per heavy atom. The summed E-state index contributed by atoms with van der Waals surface area (Å²) in [5, 5.41) is 6.57. The van der Waals surface area contributed by atoms with Crippen LogP contribution >= 0.6 is 0 Å². The molecule has 4 heteroatoms. The van der Waals surface area contributed by atoms with Crippen LogP contribution in [0.2, 0.25) is 0 Å². The second-order valence-corrected chi connectivity index (χ2v) is 16.1. The van der Waals surface area contributed by atoms with Crippen molar-refractivity contribution < 1.29 is 9.47 Å². The molecule has 0 aromatic heterocycles. The average Bonchev–Trinajstić information content (AvgIpc) is 3.52. The highest BCUT2D eigenvalue weighted by Crippen LogP contribution is 2.51. The molecule has 0 bridgehead atoms. The maximum Gasteiger partial charge on any atom is 0.172 e. The summed E-state index contributed by atoms with van der Waals surface area (Å²) < 4.78 is 13.9. The molecule has 0 aliphatic carbocycles. The fraction of sp³-hybridized carbons (Fsp3) is 0. The van der Waals surface area contributed by atoms with E-state index in [0.717, 1.165) is 72.5 Å². The minimum atomic E-state index is 0.627. The largest absolute Gasteiger partial charge is 0.453 e. The van der Waals surface area contributed by atoms with Crippen molar-refractivity contribution in [3.05, 3.63) is 243 Å². The lowest BCUT2D eigenvalue weighted by molar-refractivity contribution is 0.439. The lowest BCUT2D eigenvalue weighted by Crippen LogP contribution is -2.11. The number of anilines is 6. The molecule has 1 aliphatic heterocycles. The summed E-state index contributed by atoms with van der Waals surface area (Å²) in [5.74, 6) is 2.74. The summed E-state index contributed by atoms with van der Waals surface area (Å²) in [7, 11) is 0. The van der Waals surface area contributed by atoms with Crippen molar-refractivity contribution >= 4 is 66.4 Å². The third-order valence-corrected chi connectivity index (χ3v) is 12.3. The van der Waals surface area contributed by atoms with Crippen molar-refractivity contribution in [2.75, 3.05) is 9.80 Å². The maximum absolute atomic E-state index is 7.15. The van der Waals surface area contributed by atoms with Crippen molar-refractivity contribution in [2.45, 2.75) is 0 Å². The Morgan fingerprint density at radius 1 is 0.250 bits per heavy atom. The van der Waals surface area contributed by atoms with E-state index in [1.807, 2.05) is 12.1 Å². The van der Waals surface area contributed by atoms with Gasteiger partial charge in [0.05, 0.1) is 28.1 Å². The van der Waals surface area contributed by atoms with Crippen molar-refractivity contribution in [1.29, 1.82) is 0 Å². The Balaban J connectivity index is 1.00. The summed E-state index contributed by atoms with van der Waals surface area (Å²) in [5.41, 5.74) is 10.8. The Hall–Kier alpha value is -8.60. The molecule has 0 spiro atoms. The average molecular weight is 821 g/mol. The van der Waals surface area contributed by atoms with Crippen LogP contribution in [0.1, 0.15) is 0 Å². The molecule has 0 N–H and O–H groups in total. The zero-order chi connectivity index (χ0) is 42.4. The molecule has 4 nitrogen and oxygen atoms in total. The van der Waals surface area contributed by atoms with Crippen LogP contribution in [0.15, 0.2) is 243 Å². The van der Waals surface area contributed by atoms with Crippen LogP contribution < -0.4 is 19.3 Å². The van der Waals surface area contributed by atoms with Gasteiger partial charge >= 0.3 is 0 Å². The summed E-state index contributed by atoms with van der Waals surface area (Å²) in [4.78, 5) is 4.65. The van der Waals surface area contributed by atoms with Crippen LogP contribution in [0, 0.1) is 0 Å². The molecule has 0 saturated carbocycles. The third kappa shape index (κ3) is 6.66. The van der Waals surface area contributed by atoms with E-state index in [4.69, 9.17) is 9.47 Å². The SMILES string of the molecule is c1ccc(-c2ccc(N(c3ccc4c(c3)Oc3cc(N(c5ccc(-c6ccccc6)cc5)c5cccc6ccccc56)cc5cccc(c35)O4)c3cccc4ccccc34)cc2)cc1. The number of hydrogen-bond acceptors (Lipinski definition) is 4. The van der Waals surface area contributed by atoms with E-state index in [1.165, 1.54) is 21.9 Å². The predicted octanol–water partition coefficient (Wildman–Crippen LogP) is 17.3. The lowest BCUT2D eigenvalue weighted by atomic mass is 10.0. The molecule has 1 aliphatic rings. The van der Waals surface area contributed by atoms with Crippen LogP contribution in [0.25, 0.3) is 54.6 Å². The molecule has 11 aromatic rings. The third-order valence-electron chi connectivity index (χ3n) is 12.3. The van der Waals surface area contributed by atoms with E-state index in [-0.39, 0.29) is 0 Å². The minimum Gasteiger partial charge on any atom is -0.453 e. The molecule has 0 unspecified atom stereocenters. The molecule has 0 atom stereocenters. The van der Waals surface area contributed by atoms with Crippen molar-refractivity contribution in [1.82, 2.24) is 0 Å². The van der Waals surface area contributed by atoms with Crippen molar-refractivity contribution in [3.8, 4) is 45.3 Å². The first-order valence-electron chi connectivity index (χ1n) is 21.7. The second-order valence-electron chi connectivity index (χ2n) is 16.1. The van der Waals surface area contributed by atoms with Gasteiger partial charge in [0.1, 0.15) is 11.5 Å². The number of benzene rings is 11. The normalized spacial score (nSPS) is 11.7. The van der Waals surface area contributed by atoms with E-state index in [2.05, 4.69) is 240 Å². The molecule has 12 rings (SSSR count). The summed E-state index contributed by atoms with van der Waals surface area (Å²) >= 11 is 0. The highest BCUT2D eigenvalue weighted by molar-refractivity contribution is 6.03. The maximum atomic E-state index is 7.15. The summed E-state index contributed by atoms with van der Waals surface area (Å²) in [6.07, 6.45) is 0. The molecule has 0 fully saturated rings. The summed E-state index contributed by atoms with van der Waals surface area (Å²) in [6.45, 7) is 0. The molecular formula is C60H40N2O2. The first-order valence-corrected chi connectivity index (χ1v) is 21.7. The van der Waals surface area contributed by atoms with E-state index in [1.54, 1.807) is 0 Å². The predicted molar refractivity (Wildman–Crippen MR) is 266 cm³/mol. The molecule has 64 heavy (non-hydrogen) atoms. The van der Waals surface area contributed by atoms with E-state index in [9.17, 15) is 0 Å². The number of fused-ring (bicyclic) bond motifs is 3. The van der Waals surface area contributed by atoms with Gasteiger partial charge in [0, 0.05) is 34.3 Å².